The van der Waals surface area contributed by atoms with Gasteiger partial charge >= 0.3 is 0 Å². The molecule has 0 spiro atoms. The van der Waals surface area contributed by atoms with Crippen LogP contribution in [0.4, 0.5) is 0 Å². The van der Waals surface area contributed by atoms with Gasteiger partial charge in [0.15, 0.2) is 0 Å². The molecule has 0 saturated carbocycles. The van der Waals surface area contributed by atoms with Gasteiger partial charge in [0.1, 0.15) is 0 Å². The van der Waals surface area contributed by atoms with Crippen molar-refractivity contribution in [2.24, 2.45) is 0 Å². The van der Waals surface area contributed by atoms with Crippen molar-refractivity contribution in [3.8, 4) is 0 Å². The second-order valence-electron chi connectivity index (χ2n) is 3.44. The lowest BCUT2D eigenvalue weighted by Crippen LogP contribution is -2.54. The Balaban J connectivity index is 0.000000461. The maximum Gasteiger partial charge on any atom is 0.0643 e. The molecular formula is C9H21NO. The number of rotatable bonds is 0. The maximum absolute atomic E-state index is 5.33. The molecule has 0 aromatic heterocycles. The van der Waals surface area contributed by atoms with Gasteiger partial charge in [-0.1, -0.05) is 13.8 Å². The first-order valence-electron chi connectivity index (χ1n) is 4.46. The van der Waals surface area contributed by atoms with Gasteiger partial charge in [-0.3, -0.25) is 0 Å². The molecule has 1 saturated heterocycles. The molecule has 1 heterocycles. The molecule has 0 aromatic rings. The zero-order chi connectivity index (χ0) is 8.91. The van der Waals surface area contributed by atoms with Crippen LogP contribution in [0, 0.1) is 0 Å². The average molecular weight is 159 g/mol. The third-order valence-corrected chi connectivity index (χ3v) is 1.47. The minimum absolute atomic E-state index is 0.178. The largest absolute Gasteiger partial charge is 0.378 e. The molecule has 0 aliphatic carbocycles. The number of nitrogens with one attached hydrogen (secondary N) is 1. The highest BCUT2D eigenvalue weighted by atomic mass is 16.5. The molecule has 0 amide bonds. The van der Waals surface area contributed by atoms with Crippen LogP contribution in [-0.2, 0) is 4.74 Å². The van der Waals surface area contributed by atoms with Crippen molar-refractivity contribution in [3.05, 3.63) is 0 Å². The number of ether oxygens (including phenoxy) is 1. The third kappa shape index (κ3) is 4.38. The molecule has 0 radical (unpaired) electrons. The van der Waals surface area contributed by atoms with Gasteiger partial charge in [0.25, 0.3) is 0 Å². The molecule has 0 aromatic carbocycles. The number of hydrogen-bond donors (Lipinski definition) is 1. The standard InChI is InChI=1S/C7H15NO.C2H6/c1-6-4-9-5-7(2,3)8-6;1-2/h6,8H,4-5H2,1-3H3;1-2H3. The maximum atomic E-state index is 5.33. The minimum Gasteiger partial charge on any atom is -0.378 e. The van der Waals surface area contributed by atoms with Gasteiger partial charge in [-0.15, -0.1) is 0 Å². The average Bonchev–Trinajstić information content (AvgIpc) is 1.89. The molecule has 1 atom stereocenters. The second kappa shape index (κ2) is 4.73. The summed E-state index contributed by atoms with van der Waals surface area (Å²) in [5.74, 6) is 0. The van der Waals surface area contributed by atoms with Crippen LogP contribution in [0.15, 0.2) is 0 Å². The third-order valence-electron chi connectivity index (χ3n) is 1.47. The van der Waals surface area contributed by atoms with E-state index in [0.29, 0.717) is 6.04 Å². The Hall–Kier alpha value is -0.0800. The Bertz CT molecular complexity index is 102. The van der Waals surface area contributed by atoms with Crippen LogP contribution >= 0.6 is 0 Å². The topological polar surface area (TPSA) is 21.3 Å². The zero-order valence-electron chi connectivity index (χ0n) is 8.40. The molecule has 1 unspecified atom stereocenters. The molecule has 1 N–H and O–H groups in total. The highest BCUT2D eigenvalue weighted by molar-refractivity contribution is 4.83. The summed E-state index contributed by atoms with van der Waals surface area (Å²) in [7, 11) is 0. The van der Waals surface area contributed by atoms with Gasteiger partial charge in [0.2, 0.25) is 0 Å². The van der Waals surface area contributed by atoms with E-state index in [4.69, 9.17) is 4.74 Å². The summed E-state index contributed by atoms with van der Waals surface area (Å²) in [6, 6.07) is 0.508. The highest BCUT2D eigenvalue weighted by Gasteiger charge is 2.24. The first kappa shape index (κ1) is 10.9. The predicted molar refractivity (Wildman–Crippen MR) is 48.8 cm³/mol. The molecular weight excluding hydrogens is 138 g/mol. The van der Waals surface area contributed by atoms with Crippen LogP contribution in [0.25, 0.3) is 0 Å². The Morgan fingerprint density at radius 3 is 2.18 bits per heavy atom. The van der Waals surface area contributed by atoms with Gasteiger partial charge in [-0.2, -0.15) is 0 Å². The fraction of sp³-hybridized carbons (Fsp3) is 1.00. The normalized spacial score (nSPS) is 28.6. The van der Waals surface area contributed by atoms with E-state index in [9.17, 15) is 0 Å². The van der Waals surface area contributed by atoms with Crippen molar-refractivity contribution >= 4 is 0 Å². The second-order valence-corrected chi connectivity index (χ2v) is 3.44. The van der Waals surface area contributed by atoms with E-state index in [0.717, 1.165) is 13.2 Å². The van der Waals surface area contributed by atoms with E-state index < -0.39 is 0 Å². The fourth-order valence-corrected chi connectivity index (χ4v) is 1.24. The van der Waals surface area contributed by atoms with E-state index in [-0.39, 0.29) is 5.54 Å². The molecule has 11 heavy (non-hydrogen) atoms. The molecule has 2 heteroatoms. The smallest absolute Gasteiger partial charge is 0.0643 e. The monoisotopic (exact) mass is 159 g/mol. The molecule has 2 nitrogen and oxygen atoms in total. The summed E-state index contributed by atoms with van der Waals surface area (Å²) in [5, 5.41) is 3.43. The minimum atomic E-state index is 0.178. The van der Waals surface area contributed by atoms with Gasteiger partial charge in [0.05, 0.1) is 13.2 Å². The Labute approximate surface area is 70.3 Å². The van der Waals surface area contributed by atoms with Crippen LogP contribution < -0.4 is 5.32 Å². The SMILES string of the molecule is CC.CC1COCC(C)(C)N1. The van der Waals surface area contributed by atoms with Crippen molar-refractivity contribution in [2.75, 3.05) is 13.2 Å². The first-order valence-corrected chi connectivity index (χ1v) is 4.46. The van der Waals surface area contributed by atoms with Crippen molar-refractivity contribution in [3.63, 3.8) is 0 Å². The Morgan fingerprint density at radius 1 is 1.36 bits per heavy atom. The van der Waals surface area contributed by atoms with E-state index >= 15 is 0 Å². The number of morpholine rings is 1. The van der Waals surface area contributed by atoms with Crippen LogP contribution in [0.3, 0.4) is 0 Å². The molecule has 1 aliphatic heterocycles. The Kier molecular flexibility index (Phi) is 4.69. The summed E-state index contributed by atoms with van der Waals surface area (Å²) < 4.78 is 5.33. The summed E-state index contributed by atoms with van der Waals surface area (Å²) >= 11 is 0. The molecule has 1 aliphatic rings. The van der Waals surface area contributed by atoms with Crippen LogP contribution in [0.1, 0.15) is 34.6 Å². The molecule has 68 valence electrons. The summed E-state index contributed by atoms with van der Waals surface area (Å²) in [6.45, 7) is 12.1. The predicted octanol–water partition coefficient (Wildman–Crippen LogP) is 1.80. The first-order chi connectivity index (χ1) is 5.10. The van der Waals surface area contributed by atoms with E-state index in [1.54, 1.807) is 0 Å². The fourth-order valence-electron chi connectivity index (χ4n) is 1.24. The molecule has 1 rings (SSSR count). The van der Waals surface area contributed by atoms with Gasteiger partial charge < -0.3 is 10.1 Å². The van der Waals surface area contributed by atoms with Crippen molar-refractivity contribution in [2.45, 2.75) is 46.2 Å². The van der Waals surface area contributed by atoms with Crippen molar-refractivity contribution in [1.29, 1.82) is 0 Å². The van der Waals surface area contributed by atoms with Gasteiger partial charge in [-0.05, 0) is 20.8 Å². The van der Waals surface area contributed by atoms with E-state index in [1.807, 2.05) is 13.8 Å². The van der Waals surface area contributed by atoms with Gasteiger partial charge in [0, 0.05) is 11.6 Å². The summed E-state index contributed by atoms with van der Waals surface area (Å²) in [5.41, 5.74) is 0.178. The Morgan fingerprint density at radius 2 is 1.91 bits per heavy atom. The number of hydrogen-bond acceptors (Lipinski definition) is 2. The zero-order valence-corrected chi connectivity index (χ0v) is 8.40. The summed E-state index contributed by atoms with van der Waals surface area (Å²) in [4.78, 5) is 0. The highest BCUT2D eigenvalue weighted by Crippen LogP contribution is 2.09. The van der Waals surface area contributed by atoms with Crippen LogP contribution in [-0.4, -0.2) is 24.8 Å². The molecule has 1 fully saturated rings. The van der Waals surface area contributed by atoms with Crippen LogP contribution in [0.2, 0.25) is 0 Å². The molecule has 0 bridgehead atoms. The lowest BCUT2D eigenvalue weighted by molar-refractivity contribution is 0.0182. The lowest BCUT2D eigenvalue weighted by atomic mass is 10.0. The van der Waals surface area contributed by atoms with Crippen molar-refractivity contribution < 1.29 is 4.74 Å². The van der Waals surface area contributed by atoms with Crippen LogP contribution in [0.5, 0.6) is 0 Å². The van der Waals surface area contributed by atoms with Crippen molar-refractivity contribution in [1.82, 2.24) is 5.32 Å². The van der Waals surface area contributed by atoms with E-state index in [2.05, 4.69) is 26.1 Å². The lowest BCUT2D eigenvalue weighted by Gasteiger charge is -2.35. The quantitative estimate of drug-likeness (QED) is 0.582. The van der Waals surface area contributed by atoms with E-state index in [1.165, 1.54) is 0 Å². The summed E-state index contributed by atoms with van der Waals surface area (Å²) in [6.07, 6.45) is 0. The van der Waals surface area contributed by atoms with Gasteiger partial charge in [-0.25, -0.2) is 0 Å².